The average molecular weight is 644 g/mol. The van der Waals surface area contributed by atoms with Crippen molar-refractivity contribution in [1.29, 1.82) is 0 Å². The number of phosphoric acid groups is 1. The molecule has 3 rings (SSSR count). The standard InChI is InChI=1S/C27H46N5O8P.2Na/c1-2-3-4-5-6-7-8-9-10-11-12-13-14-15-16-21(33)31-25-22-26(29-18-28-25)32(19-30-22)27-24(35)23(34)20(40-27)17-39-41(36,37)38;;/h18-20,23-24,27,34-35H,2-17H2,1H3,(H2,36,37,38)(H,28,29,31,33);;/q;2*+1/p-2/t20-,23-,24-,27-;;/m1../s1. The zero-order valence-corrected chi connectivity index (χ0v) is 30.7. The van der Waals surface area contributed by atoms with Gasteiger partial charge in [-0.3, -0.25) is 9.13 Å². The van der Waals surface area contributed by atoms with Gasteiger partial charge in [0.2, 0.25) is 0 Å². The number of aliphatic hydroxyl groups excluding tert-OH is 2. The molecule has 1 unspecified atom stereocenters. The third kappa shape index (κ3) is 14.1. The molecule has 1 aliphatic heterocycles. The van der Waals surface area contributed by atoms with Crippen LogP contribution >= 0.6 is 7.82 Å². The van der Waals surface area contributed by atoms with Crippen LogP contribution in [0.1, 0.15) is 109 Å². The Morgan fingerprint density at radius 2 is 1.51 bits per heavy atom. The fourth-order valence-electron chi connectivity index (χ4n) is 5.02. The largest absolute Gasteiger partial charge is 1.00 e. The van der Waals surface area contributed by atoms with E-state index >= 15 is 0 Å². The quantitative estimate of drug-likeness (QED) is 0.0443. The molecule has 1 aliphatic rings. The van der Waals surface area contributed by atoms with Crippen LogP contribution in [-0.4, -0.2) is 65.4 Å². The molecule has 0 aliphatic carbocycles. The van der Waals surface area contributed by atoms with Crippen molar-refractivity contribution in [3.8, 4) is 0 Å². The molecular formula is C27H44N5Na2O8P. The van der Waals surface area contributed by atoms with Crippen LogP contribution in [0, 0.1) is 0 Å². The number of rotatable bonds is 20. The Kier molecular flexibility index (Phi) is 20.7. The van der Waals surface area contributed by atoms with Gasteiger partial charge in [-0.2, -0.15) is 0 Å². The molecule has 1 fully saturated rings. The van der Waals surface area contributed by atoms with Crippen LogP contribution in [0.2, 0.25) is 0 Å². The van der Waals surface area contributed by atoms with Gasteiger partial charge >= 0.3 is 59.1 Å². The monoisotopic (exact) mass is 643 g/mol. The van der Waals surface area contributed by atoms with E-state index in [0.717, 1.165) is 19.3 Å². The van der Waals surface area contributed by atoms with Crippen molar-refractivity contribution in [1.82, 2.24) is 19.5 Å². The number of ether oxygens (including phenoxy) is 1. The van der Waals surface area contributed by atoms with Crippen molar-refractivity contribution in [2.24, 2.45) is 4.99 Å². The minimum absolute atomic E-state index is 0. The zero-order valence-electron chi connectivity index (χ0n) is 25.8. The van der Waals surface area contributed by atoms with Crippen molar-refractivity contribution in [2.75, 3.05) is 6.61 Å². The molecule has 5 atom stereocenters. The second kappa shape index (κ2) is 21.7. The molecule has 232 valence electrons. The number of aliphatic hydroxyl groups is 2. The van der Waals surface area contributed by atoms with Gasteiger partial charge in [0.1, 0.15) is 24.6 Å². The van der Waals surface area contributed by atoms with Crippen LogP contribution in [-0.2, 0) is 13.8 Å². The Morgan fingerprint density at radius 1 is 0.953 bits per heavy atom. The van der Waals surface area contributed by atoms with Gasteiger partial charge in [-0.1, -0.05) is 90.4 Å². The molecule has 0 bridgehead atoms. The van der Waals surface area contributed by atoms with Crippen molar-refractivity contribution >= 4 is 30.7 Å². The minimum Gasteiger partial charge on any atom is -0.862 e. The molecule has 3 N–H and O–H groups in total. The van der Waals surface area contributed by atoms with E-state index in [1.54, 1.807) is 0 Å². The predicted molar refractivity (Wildman–Crippen MR) is 149 cm³/mol. The number of hydrogen-bond acceptors (Lipinski definition) is 11. The third-order valence-electron chi connectivity index (χ3n) is 7.33. The van der Waals surface area contributed by atoms with E-state index < -0.39 is 39.0 Å². The van der Waals surface area contributed by atoms with Gasteiger partial charge in [0.25, 0.3) is 7.82 Å². The maximum absolute atomic E-state index is 12.5. The van der Waals surface area contributed by atoms with Gasteiger partial charge in [0.15, 0.2) is 23.2 Å². The van der Waals surface area contributed by atoms with Crippen LogP contribution in [0.4, 0.5) is 5.82 Å². The number of aliphatic imine (C=N–C) groups is 1. The first-order valence-corrected chi connectivity index (χ1v) is 16.3. The van der Waals surface area contributed by atoms with E-state index in [1.807, 2.05) is 0 Å². The molecule has 43 heavy (non-hydrogen) atoms. The second-order valence-electron chi connectivity index (χ2n) is 10.7. The Bertz CT molecular complexity index is 1140. The summed E-state index contributed by atoms with van der Waals surface area (Å²) >= 11 is 0. The van der Waals surface area contributed by atoms with Gasteiger partial charge in [-0.05, 0) is 18.7 Å². The number of fused-ring (bicyclic) bond motifs is 1. The van der Waals surface area contributed by atoms with Gasteiger partial charge in [0, 0.05) is 0 Å². The summed E-state index contributed by atoms with van der Waals surface area (Å²) < 4.78 is 22.1. The summed E-state index contributed by atoms with van der Waals surface area (Å²) in [5, 5.41) is 33.2. The minimum atomic E-state index is -5.04. The topological polar surface area (TPSA) is 198 Å². The van der Waals surface area contributed by atoms with Gasteiger partial charge < -0.3 is 34.4 Å². The molecule has 0 amide bonds. The molecule has 2 aromatic rings. The fraction of sp³-hybridized carbons (Fsp3) is 0.778. The molecule has 0 saturated carbocycles. The molecule has 0 aromatic carbocycles. The van der Waals surface area contributed by atoms with E-state index in [9.17, 15) is 24.8 Å². The second-order valence-corrected chi connectivity index (χ2v) is 11.9. The molecule has 0 spiro atoms. The molecule has 1 saturated heterocycles. The predicted octanol–water partition coefficient (Wildman–Crippen LogP) is -2.81. The smallest absolute Gasteiger partial charge is 0.862 e. The van der Waals surface area contributed by atoms with E-state index in [0.29, 0.717) is 6.42 Å². The van der Waals surface area contributed by atoms with E-state index in [2.05, 4.69) is 31.4 Å². The zero-order chi connectivity index (χ0) is 29.7. The summed E-state index contributed by atoms with van der Waals surface area (Å²) in [5.41, 5.74) is 0.420. The van der Waals surface area contributed by atoms with Crippen molar-refractivity contribution in [3.05, 3.63) is 12.7 Å². The SMILES string of the molecule is CCCCCCCCCCCCCCCCC([O-])=Nc1ncnc2c1ncn2[C@@H]1O[C@H](COP(=O)([O-])O)[C@@H](O)[C@H]1O.[Na+].[Na+]. The molecule has 2 aromatic heterocycles. The molecule has 3 heterocycles. The molecule has 13 nitrogen and oxygen atoms in total. The summed E-state index contributed by atoms with van der Waals surface area (Å²) in [7, 11) is -5.04. The fourth-order valence-corrected chi connectivity index (χ4v) is 5.35. The van der Waals surface area contributed by atoms with Crippen LogP contribution in [0.15, 0.2) is 17.6 Å². The average Bonchev–Trinajstić information content (AvgIpc) is 3.48. The third-order valence-corrected chi connectivity index (χ3v) is 7.80. The number of hydrogen-bond donors (Lipinski definition) is 3. The summed E-state index contributed by atoms with van der Waals surface area (Å²) in [4.78, 5) is 36.2. The molecule has 16 heteroatoms. The normalized spacial score (nSPS) is 21.8. The van der Waals surface area contributed by atoms with Crippen LogP contribution in [0.5, 0.6) is 0 Å². The van der Waals surface area contributed by atoms with E-state index in [4.69, 9.17) is 9.63 Å². The first-order chi connectivity index (χ1) is 19.7. The maximum atomic E-state index is 12.5. The van der Waals surface area contributed by atoms with Crippen molar-refractivity contribution < 1.29 is 98.0 Å². The van der Waals surface area contributed by atoms with E-state index in [-0.39, 0.29) is 82.0 Å². The Morgan fingerprint density at radius 3 is 2.07 bits per heavy atom. The summed E-state index contributed by atoms with van der Waals surface area (Å²) in [6, 6.07) is 0. The van der Waals surface area contributed by atoms with Gasteiger partial charge in [-0.15, -0.1) is 0 Å². The number of imidazole rings is 1. The number of phosphoric ester groups is 1. The van der Waals surface area contributed by atoms with E-state index in [1.165, 1.54) is 87.9 Å². The van der Waals surface area contributed by atoms with Crippen molar-refractivity contribution in [3.63, 3.8) is 0 Å². The molecule has 0 radical (unpaired) electrons. The van der Waals surface area contributed by atoms with Gasteiger partial charge in [-0.25, -0.2) is 19.9 Å². The number of aromatic nitrogens is 4. The number of unbranched alkanes of at least 4 members (excludes halogenated alkanes) is 13. The molecular weight excluding hydrogens is 599 g/mol. The Hall–Kier alpha value is 0.01000. The van der Waals surface area contributed by atoms with Crippen LogP contribution < -0.4 is 69.1 Å². The van der Waals surface area contributed by atoms with Crippen LogP contribution in [0.3, 0.4) is 0 Å². The van der Waals surface area contributed by atoms with Gasteiger partial charge in [0.05, 0.1) is 12.9 Å². The summed E-state index contributed by atoms with van der Waals surface area (Å²) in [5.74, 6) is -0.223. The van der Waals surface area contributed by atoms with Crippen molar-refractivity contribution in [2.45, 2.75) is 128 Å². The summed E-state index contributed by atoms with van der Waals surface area (Å²) in [6.45, 7) is 1.55. The number of nitrogens with zero attached hydrogens (tertiary/aromatic N) is 5. The Balaban J connectivity index is 0.00000462. The maximum Gasteiger partial charge on any atom is 1.00 e. The Labute approximate surface area is 298 Å². The van der Waals surface area contributed by atoms with Crippen LogP contribution in [0.25, 0.3) is 11.2 Å². The first-order valence-electron chi connectivity index (χ1n) is 14.8. The summed E-state index contributed by atoms with van der Waals surface area (Å²) in [6.07, 6.45) is 14.7. The first kappa shape index (κ1) is 41.0.